The van der Waals surface area contributed by atoms with Gasteiger partial charge in [-0.2, -0.15) is 5.10 Å². The molecule has 33 heavy (non-hydrogen) atoms. The molecule has 0 radical (unpaired) electrons. The molecule has 0 aromatic heterocycles. The summed E-state index contributed by atoms with van der Waals surface area (Å²) in [7, 11) is 0. The van der Waals surface area contributed by atoms with Crippen LogP contribution in [0.4, 0.5) is 17.1 Å². The molecule has 0 aliphatic heterocycles. The molecule has 0 aliphatic carbocycles. The number of halogens is 1. The van der Waals surface area contributed by atoms with E-state index in [1.54, 1.807) is 24.3 Å². The molecule has 10 nitrogen and oxygen atoms in total. The molecule has 0 atom stereocenters. The van der Waals surface area contributed by atoms with Gasteiger partial charge in [0, 0.05) is 16.7 Å². The molecule has 11 heteroatoms. The lowest BCUT2D eigenvalue weighted by atomic mass is 10.2. The SMILES string of the molecule is CCOc1cc(/C=N\Nc2ccc([N+](=O)[O-])cc2[N+](=O)[O-])ccc1OCc1ccccc1Cl. The van der Waals surface area contributed by atoms with Gasteiger partial charge in [-0.05, 0) is 42.8 Å². The Hall–Kier alpha value is -4.18. The summed E-state index contributed by atoms with van der Waals surface area (Å²) in [5.41, 5.74) is 3.20. The van der Waals surface area contributed by atoms with E-state index in [4.69, 9.17) is 21.1 Å². The zero-order chi connectivity index (χ0) is 23.8. The van der Waals surface area contributed by atoms with Crippen LogP contribution in [0.5, 0.6) is 11.5 Å². The van der Waals surface area contributed by atoms with Crippen LogP contribution in [0, 0.1) is 20.2 Å². The second kappa shape index (κ2) is 10.9. The predicted molar refractivity (Wildman–Crippen MR) is 124 cm³/mol. The maximum atomic E-state index is 11.2. The number of hydrogen-bond acceptors (Lipinski definition) is 8. The monoisotopic (exact) mass is 470 g/mol. The minimum atomic E-state index is -0.719. The van der Waals surface area contributed by atoms with E-state index in [0.717, 1.165) is 17.7 Å². The molecule has 3 aromatic rings. The predicted octanol–water partition coefficient (Wildman–Crippen LogP) is 5.58. The number of non-ortho nitro benzene ring substituents is 1. The van der Waals surface area contributed by atoms with Crippen molar-refractivity contribution in [2.45, 2.75) is 13.5 Å². The molecule has 0 fully saturated rings. The van der Waals surface area contributed by atoms with Gasteiger partial charge in [0.15, 0.2) is 11.5 Å². The maximum absolute atomic E-state index is 11.2. The van der Waals surface area contributed by atoms with Gasteiger partial charge in [0.05, 0.1) is 28.7 Å². The molecule has 0 amide bonds. The van der Waals surface area contributed by atoms with Crippen LogP contribution in [-0.2, 0) is 6.61 Å². The van der Waals surface area contributed by atoms with Gasteiger partial charge >= 0.3 is 5.69 Å². The summed E-state index contributed by atoms with van der Waals surface area (Å²) in [5, 5.41) is 26.7. The Morgan fingerprint density at radius 2 is 1.79 bits per heavy atom. The van der Waals surface area contributed by atoms with Crippen LogP contribution in [0.1, 0.15) is 18.1 Å². The van der Waals surface area contributed by atoms with Gasteiger partial charge in [0.25, 0.3) is 5.69 Å². The smallest absolute Gasteiger partial charge is 0.301 e. The number of benzene rings is 3. The number of ether oxygens (including phenoxy) is 2. The first kappa shape index (κ1) is 23.5. The molecule has 0 heterocycles. The summed E-state index contributed by atoms with van der Waals surface area (Å²) in [6.45, 7) is 2.52. The summed E-state index contributed by atoms with van der Waals surface area (Å²) in [5.74, 6) is 1.02. The van der Waals surface area contributed by atoms with E-state index >= 15 is 0 Å². The molecule has 0 aliphatic rings. The van der Waals surface area contributed by atoms with Crippen LogP contribution in [0.2, 0.25) is 5.02 Å². The fraction of sp³-hybridized carbons (Fsp3) is 0.136. The quantitative estimate of drug-likeness (QED) is 0.232. The lowest BCUT2D eigenvalue weighted by molar-refractivity contribution is -0.393. The van der Waals surface area contributed by atoms with Crippen LogP contribution in [0.15, 0.2) is 65.8 Å². The first-order valence-electron chi connectivity index (χ1n) is 9.74. The lowest BCUT2D eigenvalue weighted by Gasteiger charge is -2.13. The van der Waals surface area contributed by atoms with Gasteiger partial charge in [-0.15, -0.1) is 0 Å². The van der Waals surface area contributed by atoms with Crippen molar-refractivity contribution < 1.29 is 19.3 Å². The average Bonchev–Trinajstić information content (AvgIpc) is 2.79. The lowest BCUT2D eigenvalue weighted by Crippen LogP contribution is -2.01. The molecule has 3 rings (SSSR count). The highest BCUT2D eigenvalue weighted by Crippen LogP contribution is 2.31. The standard InChI is InChI=1S/C22H19ClN4O6/c1-2-32-22-11-15(7-10-21(22)33-14-16-5-3-4-6-18(16)23)13-24-25-19-9-8-17(26(28)29)12-20(19)27(30)31/h3-13,25H,2,14H2,1H3/b24-13-. The number of nitro benzene ring substituents is 2. The average molecular weight is 471 g/mol. The maximum Gasteiger partial charge on any atom is 0.301 e. The number of hydrazone groups is 1. The Kier molecular flexibility index (Phi) is 7.77. The second-order valence-electron chi connectivity index (χ2n) is 6.60. The van der Waals surface area contributed by atoms with Gasteiger partial charge in [-0.3, -0.25) is 25.7 Å². The molecule has 1 N–H and O–H groups in total. The second-order valence-corrected chi connectivity index (χ2v) is 7.01. The fourth-order valence-electron chi connectivity index (χ4n) is 2.82. The molecule has 3 aromatic carbocycles. The molecule has 0 saturated heterocycles. The Bertz CT molecular complexity index is 1200. The van der Waals surface area contributed by atoms with E-state index in [-0.39, 0.29) is 18.0 Å². The van der Waals surface area contributed by atoms with Gasteiger partial charge in [-0.1, -0.05) is 29.8 Å². The molecule has 170 valence electrons. The minimum Gasteiger partial charge on any atom is -0.490 e. The number of nitrogens with one attached hydrogen (secondary N) is 1. The molecule has 0 saturated carbocycles. The van der Waals surface area contributed by atoms with Gasteiger partial charge in [-0.25, -0.2) is 0 Å². The Labute approximate surface area is 193 Å². The van der Waals surface area contributed by atoms with Gasteiger partial charge in [0.1, 0.15) is 12.3 Å². The third kappa shape index (κ3) is 6.17. The van der Waals surface area contributed by atoms with Gasteiger partial charge in [0.2, 0.25) is 0 Å². The van der Waals surface area contributed by atoms with E-state index in [1.165, 1.54) is 12.3 Å². The topological polar surface area (TPSA) is 129 Å². The fourth-order valence-corrected chi connectivity index (χ4v) is 3.01. The first-order chi connectivity index (χ1) is 15.9. The number of hydrogen-bond donors (Lipinski definition) is 1. The molecular formula is C22H19ClN4O6. The Morgan fingerprint density at radius 3 is 2.48 bits per heavy atom. The van der Waals surface area contributed by atoms with Crippen molar-refractivity contribution in [3.8, 4) is 11.5 Å². The highest BCUT2D eigenvalue weighted by atomic mass is 35.5. The number of nitro groups is 2. The summed E-state index contributed by atoms with van der Waals surface area (Å²) in [6, 6.07) is 15.8. The van der Waals surface area contributed by atoms with E-state index in [0.29, 0.717) is 28.7 Å². The molecular weight excluding hydrogens is 452 g/mol. The van der Waals surface area contributed by atoms with Crippen LogP contribution in [-0.4, -0.2) is 22.7 Å². The first-order valence-corrected chi connectivity index (χ1v) is 10.1. The molecule has 0 bridgehead atoms. The Morgan fingerprint density at radius 1 is 1.00 bits per heavy atom. The van der Waals surface area contributed by atoms with Crippen molar-refractivity contribution in [3.63, 3.8) is 0 Å². The van der Waals surface area contributed by atoms with E-state index in [9.17, 15) is 20.2 Å². The van der Waals surface area contributed by atoms with Crippen LogP contribution in [0.3, 0.4) is 0 Å². The van der Waals surface area contributed by atoms with Crippen LogP contribution in [0.25, 0.3) is 0 Å². The van der Waals surface area contributed by atoms with Crippen molar-refractivity contribution in [2.24, 2.45) is 5.10 Å². The van der Waals surface area contributed by atoms with Crippen molar-refractivity contribution in [3.05, 3.63) is 97.0 Å². The van der Waals surface area contributed by atoms with Gasteiger partial charge < -0.3 is 9.47 Å². The molecule has 0 spiro atoms. The highest BCUT2D eigenvalue weighted by Gasteiger charge is 2.19. The highest BCUT2D eigenvalue weighted by molar-refractivity contribution is 6.31. The third-order valence-electron chi connectivity index (χ3n) is 4.40. The van der Waals surface area contributed by atoms with Crippen molar-refractivity contribution >= 4 is 34.9 Å². The van der Waals surface area contributed by atoms with Crippen molar-refractivity contribution in [1.29, 1.82) is 0 Å². The largest absolute Gasteiger partial charge is 0.490 e. The van der Waals surface area contributed by atoms with E-state index in [2.05, 4.69) is 10.5 Å². The summed E-state index contributed by atoms with van der Waals surface area (Å²) in [6.07, 6.45) is 1.44. The summed E-state index contributed by atoms with van der Waals surface area (Å²) in [4.78, 5) is 20.6. The summed E-state index contributed by atoms with van der Waals surface area (Å²) < 4.78 is 11.5. The minimum absolute atomic E-state index is 0.0200. The Balaban J connectivity index is 1.75. The zero-order valence-electron chi connectivity index (χ0n) is 17.4. The number of nitrogens with zero attached hydrogens (tertiary/aromatic N) is 3. The third-order valence-corrected chi connectivity index (χ3v) is 4.76. The van der Waals surface area contributed by atoms with E-state index in [1.807, 2.05) is 25.1 Å². The van der Waals surface area contributed by atoms with Crippen LogP contribution < -0.4 is 14.9 Å². The van der Waals surface area contributed by atoms with Crippen molar-refractivity contribution in [1.82, 2.24) is 0 Å². The zero-order valence-corrected chi connectivity index (χ0v) is 18.2. The van der Waals surface area contributed by atoms with Crippen molar-refractivity contribution in [2.75, 3.05) is 12.0 Å². The van der Waals surface area contributed by atoms with E-state index < -0.39 is 15.5 Å². The van der Waals surface area contributed by atoms with Crippen LogP contribution >= 0.6 is 11.6 Å². The molecule has 0 unspecified atom stereocenters. The summed E-state index contributed by atoms with van der Waals surface area (Å²) >= 11 is 6.17. The number of rotatable bonds is 10. The number of anilines is 1. The normalized spacial score (nSPS) is 10.7.